The van der Waals surface area contributed by atoms with E-state index in [1.807, 2.05) is 19.3 Å². The molecular formula is C11H22N4. The van der Waals surface area contributed by atoms with Gasteiger partial charge in [0.15, 0.2) is 0 Å². The zero-order chi connectivity index (χ0) is 11.3. The van der Waals surface area contributed by atoms with Crippen LogP contribution in [0.15, 0.2) is 12.3 Å². The third kappa shape index (κ3) is 5.42. The molecule has 0 aliphatic carbocycles. The highest BCUT2D eigenvalue weighted by atomic mass is 15.3. The van der Waals surface area contributed by atoms with Crippen LogP contribution in [0.2, 0.25) is 0 Å². The number of nitrogens with one attached hydrogen (secondary N) is 2. The van der Waals surface area contributed by atoms with Crippen LogP contribution >= 0.6 is 0 Å². The second-order valence-electron chi connectivity index (χ2n) is 4.83. The van der Waals surface area contributed by atoms with Crippen molar-refractivity contribution in [2.24, 2.45) is 7.05 Å². The molecule has 0 radical (unpaired) electrons. The van der Waals surface area contributed by atoms with Crippen molar-refractivity contribution in [2.75, 3.05) is 18.4 Å². The molecule has 0 aromatic carbocycles. The molecule has 0 spiro atoms. The Bertz CT molecular complexity index is 285. The molecular weight excluding hydrogens is 188 g/mol. The van der Waals surface area contributed by atoms with Gasteiger partial charge in [0.2, 0.25) is 0 Å². The molecule has 1 heterocycles. The third-order valence-corrected chi connectivity index (χ3v) is 2.03. The average Bonchev–Trinajstić information content (AvgIpc) is 2.49. The molecule has 0 aliphatic rings. The van der Waals surface area contributed by atoms with Crippen LogP contribution in [0, 0.1) is 0 Å². The lowest BCUT2D eigenvalue weighted by molar-refractivity contribution is 0.425. The van der Waals surface area contributed by atoms with E-state index in [4.69, 9.17) is 0 Å². The number of anilines is 1. The predicted molar refractivity (Wildman–Crippen MR) is 64.1 cm³/mol. The molecule has 0 unspecified atom stereocenters. The number of aryl methyl sites for hydroxylation is 1. The summed E-state index contributed by atoms with van der Waals surface area (Å²) < 4.78 is 1.80. The van der Waals surface area contributed by atoms with Crippen LogP contribution in [0.3, 0.4) is 0 Å². The molecule has 0 saturated carbocycles. The minimum Gasteiger partial charge on any atom is -0.369 e. The minimum atomic E-state index is 0.213. The lowest BCUT2D eigenvalue weighted by atomic mass is 10.1. The fourth-order valence-corrected chi connectivity index (χ4v) is 1.28. The fourth-order valence-electron chi connectivity index (χ4n) is 1.28. The fraction of sp³-hybridized carbons (Fsp3) is 0.727. The van der Waals surface area contributed by atoms with Crippen molar-refractivity contribution in [3.63, 3.8) is 0 Å². The minimum absolute atomic E-state index is 0.213. The van der Waals surface area contributed by atoms with Crippen molar-refractivity contribution < 1.29 is 0 Å². The van der Waals surface area contributed by atoms with Crippen molar-refractivity contribution in [3.8, 4) is 0 Å². The maximum atomic E-state index is 4.24. The molecule has 1 aromatic heterocycles. The van der Waals surface area contributed by atoms with Gasteiger partial charge in [-0.1, -0.05) is 0 Å². The Morgan fingerprint density at radius 3 is 2.60 bits per heavy atom. The van der Waals surface area contributed by atoms with Gasteiger partial charge in [-0.05, 0) is 33.7 Å². The summed E-state index contributed by atoms with van der Waals surface area (Å²) in [6, 6.07) is 1.98. The van der Waals surface area contributed by atoms with Crippen LogP contribution < -0.4 is 10.6 Å². The van der Waals surface area contributed by atoms with Crippen LogP contribution in [0.4, 0.5) is 5.82 Å². The van der Waals surface area contributed by atoms with Crippen LogP contribution in [-0.4, -0.2) is 28.4 Å². The van der Waals surface area contributed by atoms with Crippen LogP contribution in [-0.2, 0) is 7.05 Å². The third-order valence-electron chi connectivity index (χ3n) is 2.03. The predicted octanol–water partition coefficient (Wildman–Crippen LogP) is 1.61. The summed E-state index contributed by atoms with van der Waals surface area (Å²) in [6.45, 7) is 8.53. The molecule has 15 heavy (non-hydrogen) atoms. The van der Waals surface area contributed by atoms with Crippen molar-refractivity contribution in [1.29, 1.82) is 0 Å². The highest BCUT2D eigenvalue weighted by molar-refractivity contribution is 5.31. The topological polar surface area (TPSA) is 41.9 Å². The van der Waals surface area contributed by atoms with Gasteiger partial charge in [-0.15, -0.1) is 0 Å². The van der Waals surface area contributed by atoms with E-state index in [1.165, 1.54) is 0 Å². The molecule has 4 heteroatoms. The van der Waals surface area contributed by atoms with Gasteiger partial charge < -0.3 is 10.6 Å². The Balaban J connectivity index is 2.07. The second-order valence-corrected chi connectivity index (χ2v) is 4.83. The Kier molecular flexibility index (Phi) is 4.15. The van der Waals surface area contributed by atoms with Crippen LogP contribution in [0.1, 0.15) is 27.2 Å². The second kappa shape index (κ2) is 5.16. The lowest BCUT2D eigenvalue weighted by Gasteiger charge is -2.20. The molecule has 2 N–H and O–H groups in total. The first-order valence-corrected chi connectivity index (χ1v) is 5.46. The normalized spacial score (nSPS) is 11.7. The van der Waals surface area contributed by atoms with Crippen molar-refractivity contribution in [2.45, 2.75) is 32.7 Å². The van der Waals surface area contributed by atoms with E-state index in [9.17, 15) is 0 Å². The lowest BCUT2D eigenvalue weighted by Crippen LogP contribution is -2.36. The SMILES string of the molecule is Cn1ccc(NCCCNC(C)(C)C)n1. The largest absolute Gasteiger partial charge is 0.369 e. The number of aromatic nitrogens is 2. The molecule has 0 bridgehead atoms. The Morgan fingerprint density at radius 1 is 1.33 bits per heavy atom. The summed E-state index contributed by atoms with van der Waals surface area (Å²) in [6.07, 6.45) is 3.05. The number of hydrogen-bond acceptors (Lipinski definition) is 3. The van der Waals surface area contributed by atoms with E-state index in [0.29, 0.717) is 0 Å². The summed E-state index contributed by atoms with van der Waals surface area (Å²) in [5.41, 5.74) is 0.213. The summed E-state index contributed by atoms with van der Waals surface area (Å²) in [5, 5.41) is 11.0. The van der Waals surface area contributed by atoms with Gasteiger partial charge in [-0.3, -0.25) is 4.68 Å². The molecule has 4 nitrogen and oxygen atoms in total. The molecule has 1 aromatic rings. The van der Waals surface area contributed by atoms with Gasteiger partial charge in [0, 0.05) is 31.4 Å². The summed E-state index contributed by atoms with van der Waals surface area (Å²) in [7, 11) is 1.92. The Labute approximate surface area is 92.1 Å². The molecule has 0 fully saturated rings. The molecule has 0 saturated heterocycles. The number of rotatable bonds is 5. The van der Waals surface area contributed by atoms with Gasteiger partial charge >= 0.3 is 0 Å². The van der Waals surface area contributed by atoms with Gasteiger partial charge in [0.25, 0.3) is 0 Å². The first-order chi connectivity index (χ1) is 6.97. The van der Waals surface area contributed by atoms with Gasteiger partial charge in [0.05, 0.1) is 0 Å². The highest BCUT2D eigenvalue weighted by Gasteiger charge is 2.06. The van der Waals surface area contributed by atoms with Gasteiger partial charge in [-0.25, -0.2) is 0 Å². The number of nitrogens with zero attached hydrogens (tertiary/aromatic N) is 2. The molecule has 0 atom stereocenters. The van der Waals surface area contributed by atoms with Crippen molar-refractivity contribution in [1.82, 2.24) is 15.1 Å². The van der Waals surface area contributed by atoms with E-state index in [1.54, 1.807) is 4.68 Å². The van der Waals surface area contributed by atoms with Gasteiger partial charge in [0.1, 0.15) is 5.82 Å². The first-order valence-electron chi connectivity index (χ1n) is 5.46. The Morgan fingerprint density at radius 2 is 2.07 bits per heavy atom. The smallest absolute Gasteiger partial charge is 0.147 e. The number of hydrogen-bond donors (Lipinski definition) is 2. The molecule has 0 amide bonds. The molecule has 1 rings (SSSR count). The highest BCUT2D eigenvalue weighted by Crippen LogP contribution is 2.01. The maximum Gasteiger partial charge on any atom is 0.147 e. The standard InChI is InChI=1S/C11H22N4/c1-11(2,3)13-8-5-7-12-10-6-9-15(4)14-10/h6,9,13H,5,7-8H2,1-4H3,(H,12,14). The quantitative estimate of drug-likeness (QED) is 0.726. The van der Waals surface area contributed by atoms with Crippen LogP contribution in [0.25, 0.3) is 0 Å². The van der Waals surface area contributed by atoms with E-state index in [-0.39, 0.29) is 5.54 Å². The zero-order valence-electron chi connectivity index (χ0n) is 10.2. The Hall–Kier alpha value is -1.03. The van der Waals surface area contributed by atoms with Crippen LogP contribution in [0.5, 0.6) is 0 Å². The van der Waals surface area contributed by atoms with E-state index in [0.717, 1.165) is 25.3 Å². The maximum absolute atomic E-state index is 4.24. The molecule has 86 valence electrons. The van der Waals surface area contributed by atoms with Crippen molar-refractivity contribution >= 4 is 5.82 Å². The molecule has 0 aliphatic heterocycles. The van der Waals surface area contributed by atoms with E-state index in [2.05, 4.69) is 36.5 Å². The zero-order valence-corrected chi connectivity index (χ0v) is 10.2. The average molecular weight is 210 g/mol. The summed E-state index contributed by atoms with van der Waals surface area (Å²) in [4.78, 5) is 0. The summed E-state index contributed by atoms with van der Waals surface area (Å²) >= 11 is 0. The van der Waals surface area contributed by atoms with E-state index < -0.39 is 0 Å². The monoisotopic (exact) mass is 210 g/mol. The van der Waals surface area contributed by atoms with Crippen molar-refractivity contribution in [3.05, 3.63) is 12.3 Å². The first kappa shape index (κ1) is 12.0. The van der Waals surface area contributed by atoms with E-state index >= 15 is 0 Å². The van der Waals surface area contributed by atoms with Gasteiger partial charge in [-0.2, -0.15) is 5.10 Å². The summed E-state index contributed by atoms with van der Waals surface area (Å²) in [5.74, 6) is 0.952.